The second kappa shape index (κ2) is 23.1. The molecular formula is C32H49ClN4O6. The lowest BCUT2D eigenvalue weighted by molar-refractivity contribution is -0.384. The normalized spacial score (nSPS) is 10.1. The van der Waals surface area contributed by atoms with E-state index in [1.54, 1.807) is 12.1 Å². The Morgan fingerprint density at radius 1 is 0.721 bits per heavy atom. The van der Waals surface area contributed by atoms with Crippen molar-refractivity contribution in [3.8, 4) is 0 Å². The van der Waals surface area contributed by atoms with Crippen molar-refractivity contribution in [2.24, 2.45) is 0 Å². The van der Waals surface area contributed by atoms with Gasteiger partial charge < -0.3 is 10.2 Å². The van der Waals surface area contributed by atoms with Crippen LogP contribution >= 0.6 is 11.6 Å². The molecule has 11 heteroatoms. The summed E-state index contributed by atoms with van der Waals surface area (Å²) in [5, 5.41) is 25.1. The molecular weight excluding hydrogens is 572 g/mol. The number of anilines is 1. The minimum absolute atomic E-state index is 0.0231. The van der Waals surface area contributed by atoms with E-state index in [4.69, 9.17) is 11.6 Å². The van der Waals surface area contributed by atoms with Gasteiger partial charge >= 0.3 is 0 Å². The Hall–Kier alpha value is -3.37. The topological polar surface area (TPSA) is 136 Å². The number of nitrogens with one attached hydrogen (secondary N) is 1. The van der Waals surface area contributed by atoms with Crippen LogP contribution in [-0.4, -0.2) is 47.6 Å². The van der Waals surface area contributed by atoms with Crippen LogP contribution in [0.4, 0.5) is 17.1 Å². The number of Topliss-reactive ketones (excluding diaryl/α,β-unsaturated/α-hetero) is 2. The molecule has 1 N–H and O–H groups in total. The first-order valence-electron chi connectivity index (χ1n) is 15.1. The van der Waals surface area contributed by atoms with Gasteiger partial charge in [0.2, 0.25) is 0 Å². The molecule has 0 amide bonds. The zero-order chi connectivity index (χ0) is 32.8. The first-order valence-corrected chi connectivity index (χ1v) is 15.5. The van der Waals surface area contributed by atoms with Gasteiger partial charge in [0.05, 0.1) is 9.85 Å². The molecule has 0 aliphatic carbocycles. The molecule has 0 fully saturated rings. The largest absolute Gasteiger partial charge is 0.366 e. The third-order valence-corrected chi connectivity index (χ3v) is 6.77. The molecule has 0 saturated carbocycles. The zero-order valence-electron chi connectivity index (χ0n) is 26.6. The second-order valence-electron chi connectivity index (χ2n) is 10.1. The van der Waals surface area contributed by atoms with Crippen LogP contribution in [-0.2, 0) is 0 Å². The smallest absolute Gasteiger partial charge is 0.293 e. The van der Waals surface area contributed by atoms with Crippen molar-refractivity contribution >= 4 is 40.2 Å². The van der Waals surface area contributed by atoms with E-state index >= 15 is 0 Å². The molecule has 0 unspecified atom stereocenters. The fourth-order valence-corrected chi connectivity index (χ4v) is 3.99. The summed E-state index contributed by atoms with van der Waals surface area (Å²) in [5.41, 5.74) is 1.07. The molecule has 10 nitrogen and oxygen atoms in total. The number of nitro benzene ring substituents is 2. The summed E-state index contributed by atoms with van der Waals surface area (Å²) in [6.07, 6.45) is 9.33. The molecule has 0 radical (unpaired) electrons. The van der Waals surface area contributed by atoms with Crippen LogP contribution < -0.4 is 10.2 Å². The summed E-state index contributed by atoms with van der Waals surface area (Å²) in [6, 6.07) is 8.75. The summed E-state index contributed by atoms with van der Waals surface area (Å²) in [4.78, 5) is 45.0. The monoisotopic (exact) mass is 620 g/mol. The molecule has 0 heterocycles. The van der Waals surface area contributed by atoms with Crippen LogP contribution in [0.5, 0.6) is 0 Å². The van der Waals surface area contributed by atoms with Gasteiger partial charge in [-0.2, -0.15) is 0 Å². The van der Waals surface area contributed by atoms with E-state index in [0.717, 1.165) is 38.8 Å². The quantitative estimate of drug-likeness (QED) is 0.0801. The molecule has 0 atom stereocenters. The lowest BCUT2D eigenvalue weighted by Crippen LogP contribution is -2.26. The molecule has 2 rings (SSSR count). The minimum atomic E-state index is -0.616. The van der Waals surface area contributed by atoms with Crippen molar-refractivity contribution in [2.75, 3.05) is 31.1 Å². The van der Waals surface area contributed by atoms with Crippen molar-refractivity contribution in [1.82, 2.24) is 5.32 Å². The predicted molar refractivity (Wildman–Crippen MR) is 176 cm³/mol. The first kappa shape index (κ1) is 39.6. The average molecular weight is 621 g/mol. The van der Waals surface area contributed by atoms with Crippen LogP contribution in [0.3, 0.4) is 0 Å². The van der Waals surface area contributed by atoms with Crippen molar-refractivity contribution in [2.45, 2.75) is 92.9 Å². The Labute approximate surface area is 261 Å². The van der Waals surface area contributed by atoms with E-state index in [-0.39, 0.29) is 33.5 Å². The average Bonchev–Trinajstić information content (AvgIpc) is 2.97. The van der Waals surface area contributed by atoms with Gasteiger partial charge in [-0.3, -0.25) is 29.8 Å². The number of halogens is 1. The Morgan fingerprint density at radius 2 is 1.14 bits per heavy atom. The lowest BCUT2D eigenvalue weighted by atomic mass is 10.1. The van der Waals surface area contributed by atoms with E-state index in [1.807, 2.05) is 0 Å². The highest BCUT2D eigenvalue weighted by Crippen LogP contribution is 2.30. The van der Waals surface area contributed by atoms with Gasteiger partial charge in [-0.15, -0.1) is 0 Å². The van der Waals surface area contributed by atoms with Crippen LogP contribution in [0.1, 0.15) is 114 Å². The molecule has 43 heavy (non-hydrogen) atoms. The maximum Gasteiger partial charge on any atom is 0.293 e. The van der Waals surface area contributed by atoms with Crippen molar-refractivity contribution in [3.63, 3.8) is 0 Å². The van der Waals surface area contributed by atoms with Gasteiger partial charge in [-0.1, -0.05) is 65.0 Å². The van der Waals surface area contributed by atoms with E-state index in [2.05, 4.69) is 37.9 Å². The number of unbranched alkanes of at least 4 members (excludes halogenated alkanes) is 4. The number of rotatable bonds is 17. The summed E-state index contributed by atoms with van der Waals surface area (Å²) >= 11 is 5.54. The Kier molecular flexibility index (Phi) is 21.3. The van der Waals surface area contributed by atoms with E-state index in [0.29, 0.717) is 11.3 Å². The SMILES string of the molecule is CC(=O)c1ccc(Cl)c([N+](=O)[O-])c1.CCCCN(CCCC)c1ccc(C(C)=O)cc1[N+](=O)[O-].CCCCNCCCC. The summed E-state index contributed by atoms with van der Waals surface area (Å²) in [7, 11) is 0. The number of benzene rings is 2. The minimum Gasteiger partial charge on any atom is -0.366 e. The summed E-state index contributed by atoms with van der Waals surface area (Å²) in [6.45, 7) is 15.4. The van der Waals surface area contributed by atoms with E-state index in [1.165, 1.54) is 76.9 Å². The zero-order valence-corrected chi connectivity index (χ0v) is 27.4. The number of nitrogens with zero attached hydrogens (tertiary/aromatic N) is 3. The highest BCUT2D eigenvalue weighted by Gasteiger charge is 2.20. The predicted octanol–water partition coefficient (Wildman–Crippen LogP) is 8.83. The third kappa shape index (κ3) is 16.2. The Bertz CT molecular complexity index is 1140. The number of hydrogen-bond donors (Lipinski definition) is 1. The summed E-state index contributed by atoms with van der Waals surface area (Å²) in [5.74, 6) is -0.377. The lowest BCUT2D eigenvalue weighted by Gasteiger charge is -2.24. The van der Waals surface area contributed by atoms with Gasteiger partial charge in [0.1, 0.15) is 10.7 Å². The fourth-order valence-electron chi connectivity index (χ4n) is 3.81. The molecule has 0 aliphatic rings. The molecule has 240 valence electrons. The maximum atomic E-state index is 11.4. The molecule has 2 aromatic carbocycles. The maximum absolute atomic E-state index is 11.4. The van der Waals surface area contributed by atoms with Gasteiger partial charge in [-0.25, -0.2) is 0 Å². The molecule has 0 saturated heterocycles. The Morgan fingerprint density at radius 3 is 1.53 bits per heavy atom. The molecule has 0 aromatic heterocycles. The van der Waals surface area contributed by atoms with Gasteiger partial charge in [0.25, 0.3) is 11.4 Å². The number of nitro groups is 2. The van der Waals surface area contributed by atoms with Crippen LogP contribution in [0.2, 0.25) is 5.02 Å². The molecule has 2 aromatic rings. The number of hydrogen-bond acceptors (Lipinski definition) is 8. The van der Waals surface area contributed by atoms with Gasteiger partial charge in [0.15, 0.2) is 11.6 Å². The number of carbonyl (C=O) groups is 2. The van der Waals surface area contributed by atoms with E-state index < -0.39 is 9.85 Å². The van der Waals surface area contributed by atoms with Crippen LogP contribution in [0, 0.1) is 20.2 Å². The van der Waals surface area contributed by atoms with Crippen molar-refractivity contribution in [1.29, 1.82) is 0 Å². The van der Waals surface area contributed by atoms with Gasteiger partial charge in [-0.05, 0) is 76.9 Å². The first-order chi connectivity index (χ1) is 20.4. The Balaban J connectivity index is 0.000000682. The highest BCUT2D eigenvalue weighted by atomic mass is 35.5. The van der Waals surface area contributed by atoms with Gasteiger partial charge in [0, 0.05) is 36.3 Å². The summed E-state index contributed by atoms with van der Waals surface area (Å²) < 4.78 is 0. The molecule has 0 spiro atoms. The van der Waals surface area contributed by atoms with Crippen molar-refractivity contribution in [3.05, 3.63) is 72.8 Å². The molecule has 0 aliphatic heterocycles. The van der Waals surface area contributed by atoms with E-state index in [9.17, 15) is 29.8 Å². The second-order valence-corrected chi connectivity index (χ2v) is 10.6. The number of carbonyl (C=O) groups excluding carboxylic acids is 2. The van der Waals surface area contributed by atoms with Crippen LogP contribution in [0.15, 0.2) is 36.4 Å². The molecule has 0 bridgehead atoms. The van der Waals surface area contributed by atoms with Crippen LogP contribution in [0.25, 0.3) is 0 Å². The van der Waals surface area contributed by atoms with Crippen molar-refractivity contribution < 1.29 is 19.4 Å². The highest BCUT2D eigenvalue weighted by molar-refractivity contribution is 6.32. The fraction of sp³-hybridized carbons (Fsp3) is 0.562. The third-order valence-electron chi connectivity index (χ3n) is 6.45. The number of ketones is 2. The standard InChI is InChI=1S/C16H24N2O3.C8H6ClNO3.C8H19N/c1-4-6-10-17(11-7-5-2)15-9-8-14(13(3)19)12-16(15)18(20)21;1-5(11)6-2-3-7(9)8(4-6)10(12)13;1-3-5-7-9-8-6-4-2/h8-9,12H,4-7,10-11H2,1-3H3;2-4H,1H3;9H,3-8H2,1-2H3.